The highest BCUT2D eigenvalue weighted by atomic mass is 17.4. The Balaban J connectivity index is 3.36. The van der Waals surface area contributed by atoms with Crippen LogP contribution >= 0.6 is 0 Å². The van der Waals surface area contributed by atoms with E-state index in [-0.39, 0.29) is 4.65 Å². The van der Waals surface area contributed by atoms with Crippen molar-refractivity contribution < 1.29 is 24.9 Å². The van der Waals surface area contributed by atoms with Gasteiger partial charge in [-0.05, 0) is 5.39 Å². The first-order chi connectivity index (χ1) is 4.45. The highest BCUT2D eigenvalue weighted by Gasteiger charge is 2.12. The van der Waals surface area contributed by atoms with Gasteiger partial charge in [0.25, 0.3) is 0 Å². The molecular formula is C4H13N2O4+. The Bertz CT molecular complexity index is 91.7. The third-order valence-electron chi connectivity index (χ3n) is 0.496. The van der Waals surface area contributed by atoms with Crippen molar-refractivity contribution in [3.05, 3.63) is 5.21 Å². The molecule has 1 atom stereocenters. The van der Waals surface area contributed by atoms with E-state index in [0.29, 0.717) is 0 Å². The van der Waals surface area contributed by atoms with Gasteiger partial charge in [0.1, 0.15) is 28.3 Å². The van der Waals surface area contributed by atoms with Gasteiger partial charge in [-0.3, -0.25) is 0 Å². The molecule has 0 bridgehead atoms. The van der Waals surface area contributed by atoms with Crippen molar-refractivity contribution in [2.24, 2.45) is 0 Å². The maximum Gasteiger partial charge on any atom is 0.101 e. The molecule has 0 aromatic rings. The van der Waals surface area contributed by atoms with Crippen LogP contribution in [0, 0.1) is 5.21 Å². The molecule has 0 rings (SSSR count). The second kappa shape index (κ2) is 3.81. The molecule has 0 aromatic heterocycles. The van der Waals surface area contributed by atoms with Gasteiger partial charge in [0.2, 0.25) is 0 Å². The fourth-order valence-corrected chi connectivity index (χ4v) is 0.176. The van der Waals surface area contributed by atoms with Crippen LogP contribution in [0.3, 0.4) is 0 Å². The summed E-state index contributed by atoms with van der Waals surface area (Å²) in [4.78, 5) is 12.9. The number of hydrogen-bond donors (Lipinski definition) is 1. The number of quaternary nitrogens is 2. The van der Waals surface area contributed by atoms with Crippen LogP contribution in [0.5, 0.6) is 0 Å². The minimum absolute atomic E-state index is 0.0785. The van der Waals surface area contributed by atoms with Crippen LogP contribution in [0.15, 0.2) is 0 Å². The number of hydrogen-bond acceptors (Lipinski definition) is 4. The van der Waals surface area contributed by atoms with Gasteiger partial charge in [0, 0.05) is 4.99 Å². The Morgan fingerprint density at radius 1 is 1.30 bits per heavy atom. The van der Waals surface area contributed by atoms with E-state index in [2.05, 4.69) is 14.8 Å². The fraction of sp³-hybridized carbons (Fsp3) is 1.00. The van der Waals surface area contributed by atoms with Crippen LogP contribution in [-0.2, 0) is 14.8 Å². The Morgan fingerprint density at radius 2 is 1.80 bits per heavy atom. The Morgan fingerprint density at radius 3 is 2.10 bits per heavy atom. The van der Waals surface area contributed by atoms with E-state index < -0.39 is 5.39 Å². The molecule has 0 saturated carbocycles. The molecule has 6 nitrogen and oxygen atoms in total. The summed E-state index contributed by atoms with van der Waals surface area (Å²) in [5.74, 6) is 0. The summed E-state index contributed by atoms with van der Waals surface area (Å²) in [6, 6.07) is 0. The summed E-state index contributed by atoms with van der Waals surface area (Å²) in [6.07, 6.45) is 0. The summed E-state index contributed by atoms with van der Waals surface area (Å²) >= 11 is 0. The maximum atomic E-state index is 10.3. The van der Waals surface area contributed by atoms with Crippen LogP contribution < -0.4 is 5.39 Å². The zero-order chi connectivity index (χ0) is 8.20. The van der Waals surface area contributed by atoms with Gasteiger partial charge in [-0.2, -0.15) is 4.84 Å². The smallest absolute Gasteiger partial charge is 0.101 e. The quantitative estimate of drug-likeness (QED) is 0.301. The first-order valence-electron chi connectivity index (χ1n) is 2.71. The predicted octanol–water partition coefficient (Wildman–Crippen LogP) is -1.59. The minimum Gasteiger partial charge on any atom is -0.563 e. The molecule has 0 heterocycles. The zero-order valence-electron chi connectivity index (χ0n) is 6.58. The summed E-state index contributed by atoms with van der Waals surface area (Å²) < 4.78 is 0.0785. The maximum absolute atomic E-state index is 10.3. The fourth-order valence-electron chi connectivity index (χ4n) is 0.176. The van der Waals surface area contributed by atoms with E-state index in [1.165, 1.54) is 7.11 Å². The van der Waals surface area contributed by atoms with Crippen molar-refractivity contribution >= 4 is 0 Å². The van der Waals surface area contributed by atoms with E-state index in [9.17, 15) is 5.21 Å². The molecule has 62 valence electrons. The van der Waals surface area contributed by atoms with Crippen LogP contribution in [-0.4, -0.2) is 32.9 Å². The lowest BCUT2D eigenvalue weighted by molar-refractivity contribution is -1.31. The number of nitrogens with zero attached hydrogens (tertiary/aromatic N) is 1. The molecule has 0 aromatic carbocycles. The first kappa shape index (κ1) is 9.76. The third kappa shape index (κ3) is 5.89. The second-order valence-corrected chi connectivity index (χ2v) is 2.50. The van der Waals surface area contributed by atoms with Gasteiger partial charge in [0.05, 0.1) is 4.99 Å². The summed E-state index contributed by atoms with van der Waals surface area (Å²) in [5.41, 5.74) is 0. The van der Waals surface area contributed by atoms with Crippen molar-refractivity contribution in [2.75, 3.05) is 28.3 Å². The molecule has 0 radical (unpaired) electrons. The van der Waals surface area contributed by atoms with Crippen molar-refractivity contribution in [1.82, 2.24) is 0 Å². The van der Waals surface area contributed by atoms with Gasteiger partial charge in [0.15, 0.2) is 0 Å². The van der Waals surface area contributed by atoms with E-state index in [4.69, 9.17) is 0 Å². The molecule has 1 N–H and O–H groups in total. The second-order valence-electron chi connectivity index (χ2n) is 2.50. The molecule has 0 spiro atoms. The standard InChI is InChI=1S/C4H13N2O4/c1-6(2,3)10-9-5(7)8-4/h5H,1-4H3/q+1. The van der Waals surface area contributed by atoms with Crippen molar-refractivity contribution in [1.29, 1.82) is 0 Å². The molecule has 0 amide bonds. The lowest BCUT2D eigenvalue weighted by Crippen LogP contribution is -3.05. The molecule has 6 heteroatoms. The average Bonchev–Trinajstić information content (AvgIpc) is 1.81. The Kier molecular flexibility index (Phi) is 3.72. The first-order valence-corrected chi connectivity index (χ1v) is 2.71. The lowest BCUT2D eigenvalue weighted by Gasteiger charge is -2.19. The number of rotatable bonds is 4. The van der Waals surface area contributed by atoms with Crippen molar-refractivity contribution in [2.45, 2.75) is 0 Å². The van der Waals surface area contributed by atoms with E-state index in [0.717, 1.165) is 0 Å². The molecule has 0 saturated heterocycles. The molecule has 0 aliphatic rings. The van der Waals surface area contributed by atoms with Crippen LogP contribution in [0.25, 0.3) is 0 Å². The molecule has 10 heavy (non-hydrogen) atoms. The molecule has 0 fully saturated rings. The van der Waals surface area contributed by atoms with Gasteiger partial charge in [-0.1, -0.05) is 0 Å². The van der Waals surface area contributed by atoms with E-state index in [1.807, 2.05) is 0 Å². The summed E-state index contributed by atoms with van der Waals surface area (Å²) in [7, 11) is 6.30. The van der Waals surface area contributed by atoms with Gasteiger partial charge in [-0.15, -0.1) is 4.65 Å². The Labute approximate surface area is 59.4 Å². The highest BCUT2D eigenvalue weighted by molar-refractivity contribution is 3.77. The SMILES string of the molecule is CO[NH+]([O-])OO[N+](C)(C)C. The molecule has 0 aliphatic heterocycles. The van der Waals surface area contributed by atoms with E-state index in [1.54, 1.807) is 21.1 Å². The monoisotopic (exact) mass is 153 g/mol. The van der Waals surface area contributed by atoms with Crippen molar-refractivity contribution in [3.63, 3.8) is 0 Å². The van der Waals surface area contributed by atoms with Crippen LogP contribution in [0.2, 0.25) is 0 Å². The zero-order valence-corrected chi connectivity index (χ0v) is 6.58. The Hall–Kier alpha value is -0.240. The van der Waals surface area contributed by atoms with Crippen molar-refractivity contribution in [3.8, 4) is 0 Å². The summed E-state index contributed by atoms with van der Waals surface area (Å²) in [5, 5.41) is 9.43. The van der Waals surface area contributed by atoms with Crippen LogP contribution in [0.4, 0.5) is 0 Å². The van der Waals surface area contributed by atoms with Gasteiger partial charge < -0.3 is 5.21 Å². The highest BCUT2D eigenvalue weighted by Crippen LogP contribution is 1.88. The lowest BCUT2D eigenvalue weighted by atomic mass is 11.0. The van der Waals surface area contributed by atoms with Gasteiger partial charge in [-0.25, -0.2) is 0 Å². The third-order valence-corrected chi connectivity index (χ3v) is 0.496. The van der Waals surface area contributed by atoms with Gasteiger partial charge >= 0.3 is 0 Å². The molecule has 1 unspecified atom stereocenters. The number of hydroxylamine groups is 3. The largest absolute Gasteiger partial charge is 0.563 e. The minimum atomic E-state index is -0.854. The summed E-state index contributed by atoms with van der Waals surface area (Å²) in [6.45, 7) is 0. The molecule has 0 aliphatic carbocycles. The number of nitrogens with one attached hydrogen (secondary N) is 1. The average molecular weight is 153 g/mol. The predicted molar refractivity (Wildman–Crippen MR) is 31.5 cm³/mol. The molecular weight excluding hydrogens is 140 g/mol. The topological polar surface area (TPSA) is 55.2 Å². The van der Waals surface area contributed by atoms with E-state index >= 15 is 0 Å². The van der Waals surface area contributed by atoms with Crippen LogP contribution in [0.1, 0.15) is 0 Å². The normalized spacial score (nSPS) is 15.3.